The SMILES string of the molecule is COc1cccc(CNC(CCSC)C(=O)O)c1OCc1ccc(Cl)cc1Cl. The highest BCUT2D eigenvalue weighted by Crippen LogP contribution is 2.33. The average Bonchev–Trinajstić information content (AvgIpc) is 2.67. The van der Waals surface area contributed by atoms with Crippen molar-refractivity contribution >= 4 is 40.9 Å². The molecule has 0 radical (unpaired) electrons. The zero-order chi connectivity index (χ0) is 20.5. The Hall–Kier alpha value is -1.60. The van der Waals surface area contributed by atoms with Crippen LogP contribution in [0.1, 0.15) is 17.5 Å². The van der Waals surface area contributed by atoms with Crippen LogP contribution in [0.25, 0.3) is 0 Å². The van der Waals surface area contributed by atoms with E-state index in [2.05, 4.69) is 5.32 Å². The van der Waals surface area contributed by atoms with Crippen molar-refractivity contribution in [3.63, 3.8) is 0 Å². The maximum Gasteiger partial charge on any atom is 0.320 e. The number of halogens is 2. The number of para-hydroxylation sites is 1. The van der Waals surface area contributed by atoms with Gasteiger partial charge in [0.2, 0.25) is 0 Å². The molecule has 0 bridgehead atoms. The van der Waals surface area contributed by atoms with Crippen LogP contribution in [0.5, 0.6) is 11.5 Å². The van der Waals surface area contributed by atoms with Crippen LogP contribution in [0.4, 0.5) is 0 Å². The zero-order valence-corrected chi connectivity index (χ0v) is 18.0. The first-order chi connectivity index (χ1) is 13.5. The van der Waals surface area contributed by atoms with E-state index in [1.54, 1.807) is 43.1 Å². The van der Waals surface area contributed by atoms with E-state index in [9.17, 15) is 9.90 Å². The summed E-state index contributed by atoms with van der Waals surface area (Å²) in [5.41, 5.74) is 1.60. The van der Waals surface area contributed by atoms with Gasteiger partial charge >= 0.3 is 5.97 Å². The van der Waals surface area contributed by atoms with Gasteiger partial charge in [0.15, 0.2) is 11.5 Å². The number of thioether (sulfide) groups is 1. The van der Waals surface area contributed by atoms with Crippen LogP contribution < -0.4 is 14.8 Å². The van der Waals surface area contributed by atoms with Gasteiger partial charge in [-0.05, 0) is 36.6 Å². The molecule has 2 aromatic rings. The number of rotatable bonds is 11. The van der Waals surface area contributed by atoms with Crippen LogP contribution >= 0.6 is 35.0 Å². The van der Waals surface area contributed by atoms with Crippen molar-refractivity contribution in [2.75, 3.05) is 19.1 Å². The van der Waals surface area contributed by atoms with Crippen LogP contribution in [-0.4, -0.2) is 36.2 Å². The molecule has 0 amide bonds. The Bertz CT molecular complexity index is 804. The second-order valence-electron chi connectivity index (χ2n) is 6.03. The minimum atomic E-state index is -0.868. The van der Waals surface area contributed by atoms with Gasteiger partial charge in [0.1, 0.15) is 12.6 Å². The smallest absolute Gasteiger partial charge is 0.320 e. The largest absolute Gasteiger partial charge is 0.493 e. The van der Waals surface area contributed by atoms with Crippen molar-refractivity contribution in [3.8, 4) is 11.5 Å². The number of ether oxygens (including phenoxy) is 2. The van der Waals surface area contributed by atoms with Gasteiger partial charge in [0.05, 0.1) is 7.11 Å². The molecule has 1 atom stereocenters. The average molecular weight is 444 g/mol. The molecule has 2 N–H and O–H groups in total. The summed E-state index contributed by atoms with van der Waals surface area (Å²) in [5, 5.41) is 13.6. The van der Waals surface area contributed by atoms with Crippen LogP contribution in [0.15, 0.2) is 36.4 Å². The fourth-order valence-electron chi connectivity index (χ4n) is 2.60. The Morgan fingerprint density at radius 2 is 2.04 bits per heavy atom. The van der Waals surface area contributed by atoms with Crippen molar-refractivity contribution < 1.29 is 19.4 Å². The topological polar surface area (TPSA) is 67.8 Å². The summed E-state index contributed by atoms with van der Waals surface area (Å²) < 4.78 is 11.4. The van der Waals surface area contributed by atoms with Gasteiger partial charge < -0.3 is 19.9 Å². The summed E-state index contributed by atoms with van der Waals surface area (Å²) >= 11 is 13.8. The number of aliphatic carboxylic acids is 1. The lowest BCUT2D eigenvalue weighted by Gasteiger charge is -2.18. The van der Waals surface area contributed by atoms with Crippen molar-refractivity contribution in [3.05, 3.63) is 57.6 Å². The maximum absolute atomic E-state index is 11.5. The number of carboxylic acid groups (broad SMARTS) is 1. The second-order valence-corrected chi connectivity index (χ2v) is 7.86. The minimum absolute atomic E-state index is 0.234. The highest BCUT2D eigenvalue weighted by Gasteiger charge is 2.18. The predicted molar refractivity (Wildman–Crippen MR) is 115 cm³/mol. The summed E-state index contributed by atoms with van der Waals surface area (Å²) in [6, 6.07) is 10.1. The Labute approximate surface area is 179 Å². The van der Waals surface area contributed by atoms with Gasteiger partial charge in [-0.25, -0.2) is 0 Å². The highest BCUT2D eigenvalue weighted by molar-refractivity contribution is 7.98. The zero-order valence-electron chi connectivity index (χ0n) is 15.7. The first-order valence-corrected chi connectivity index (χ1v) is 10.8. The normalized spacial score (nSPS) is 11.9. The molecule has 8 heteroatoms. The number of methoxy groups -OCH3 is 1. The molecule has 5 nitrogen and oxygen atoms in total. The standard InChI is InChI=1S/C20H23Cl2NO4S/c1-26-18-5-3-4-13(11-23-17(20(24)25)8-9-28-2)19(18)27-12-14-6-7-15(21)10-16(14)22/h3-7,10,17,23H,8-9,11-12H2,1-2H3,(H,24,25). The third kappa shape index (κ3) is 6.48. The van der Waals surface area contributed by atoms with Crippen LogP contribution in [-0.2, 0) is 17.9 Å². The molecule has 0 spiro atoms. The van der Waals surface area contributed by atoms with Crippen LogP contribution in [0.3, 0.4) is 0 Å². The lowest BCUT2D eigenvalue weighted by atomic mass is 10.1. The fourth-order valence-corrected chi connectivity index (χ4v) is 3.53. The van der Waals surface area contributed by atoms with Gasteiger partial charge in [-0.1, -0.05) is 41.4 Å². The molecule has 0 fully saturated rings. The molecule has 0 aromatic heterocycles. The molecule has 0 saturated carbocycles. The van der Waals surface area contributed by atoms with Crippen LogP contribution in [0.2, 0.25) is 10.0 Å². The second kappa shape index (κ2) is 11.4. The van der Waals surface area contributed by atoms with Gasteiger partial charge in [0.25, 0.3) is 0 Å². The Balaban J connectivity index is 2.15. The number of hydrogen-bond acceptors (Lipinski definition) is 5. The van der Waals surface area contributed by atoms with E-state index in [-0.39, 0.29) is 6.61 Å². The lowest BCUT2D eigenvalue weighted by molar-refractivity contribution is -0.139. The molecule has 0 aliphatic heterocycles. The number of hydrogen-bond donors (Lipinski definition) is 2. The Morgan fingerprint density at radius 1 is 1.25 bits per heavy atom. The molecular formula is C20H23Cl2NO4S. The van der Waals surface area contributed by atoms with Gasteiger partial charge in [-0.2, -0.15) is 11.8 Å². The first kappa shape index (κ1) is 22.7. The molecule has 1 unspecified atom stereocenters. The van der Waals surface area contributed by atoms with E-state index < -0.39 is 12.0 Å². The summed E-state index contributed by atoms with van der Waals surface area (Å²) in [5.74, 6) is 1.02. The van der Waals surface area contributed by atoms with Crippen molar-refractivity contribution in [1.82, 2.24) is 5.32 Å². The number of carboxylic acids is 1. The molecule has 0 aliphatic carbocycles. The van der Waals surface area contributed by atoms with E-state index in [1.807, 2.05) is 18.4 Å². The fraction of sp³-hybridized carbons (Fsp3) is 0.350. The summed E-state index contributed by atoms with van der Waals surface area (Å²) in [7, 11) is 1.56. The first-order valence-electron chi connectivity index (χ1n) is 8.64. The lowest BCUT2D eigenvalue weighted by Crippen LogP contribution is -2.36. The van der Waals surface area contributed by atoms with Gasteiger partial charge in [-0.15, -0.1) is 0 Å². The molecule has 0 heterocycles. The number of nitrogens with one attached hydrogen (secondary N) is 1. The van der Waals surface area contributed by atoms with Gasteiger partial charge in [-0.3, -0.25) is 4.79 Å². The molecule has 0 aliphatic rings. The monoisotopic (exact) mass is 443 g/mol. The molecular weight excluding hydrogens is 421 g/mol. The molecule has 28 heavy (non-hydrogen) atoms. The highest BCUT2D eigenvalue weighted by atomic mass is 35.5. The third-order valence-corrected chi connectivity index (χ3v) is 5.35. The molecule has 0 saturated heterocycles. The van der Waals surface area contributed by atoms with Crippen molar-refractivity contribution in [2.45, 2.75) is 25.6 Å². The van der Waals surface area contributed by atoms with E-state index in [4.69, 9.17) is 32.7 Å². The Kier molecular flexibility index (Phi) is 9.25. The quantitative estimate of drug-likeness (QED) is 0.515. The number of benzene rings is 2. The van der Waals surface area contributed by atoms with Crippen molar-refractivity contribution in [2.24, 2.45) is 0 Å². The van der Waals surface area contributed by atoms with Gasteiger partial charge in [0, 0.05) is 27.7 Å². The minimum Gasteiger partial charge on any atom is -0.493 e. The predicted octanol–water partition coefficient (Wildman–Crippen LogP) is 4.88. The van der Waals surface area contributed by atoms with E-state index >= 15 is 0 Å². The van der Waals surface area contributed by atoms with E-state index in [0.29, 0.717) is 34.5 Å². The Morgan fingerprint density at radius 3 is 2.68 bits per heavy atom. The molecule has 2 aromatic carbocycles. The number of carbonyl (C=O) groups is 1. The summed E-state index contributed by atoms with van der Waals surface area (Å²) in [4.78, 5) is 11.5. The summed E-state index contributed by atoms with van der Waals surface area (Å²) in [6.45, 7) is 0.574. The van der Waals surface area contributed by atoms with E-state index in [1.165, 1.54) is 0 Å². The summed E-state index contributed by atoms with van der Waals surface area (Å²) in [6.07, 6.45) is 2.49. The molecule has 2 rings (SSSR count). The molecule has 152 valence electrons. The maximum atomic E-state index is 11.5. The van der Waals surface area contributed by atoms with Crippen molar-refractivity contribution in [1.29, 1.82) is 0 Å². The van der Waals surface area contributed by atoms with E-state index in [0.717, 1.165) is 16.9 Å². The third-order valence-electron chi connectivity index (χ3n) is 4.12. The van der Waals surface area contributed by atoms with Crippen LogP contribution in [0, 0.1) is 0 Å².